The summed E-state index contributed by atoms with van der Waals surface area (Å²) in [6.45, 7) is 1.42. The number of nitriles is 1. The summed E-state index contributed by atoms with van der Waals surface area (Å²) in [5, 5.41) is 20.5. The number of nitrogens with one attached hydrogen (secondary N) is 1. The molecule has 1 fully saturated rings. The molecule has 3 nitrogen and oxygen atoms in total. The third-order valence-electron chi connectivity index (χ3n) is 1.62. The monoisotopic (exact) mass is 162 g/mol. The number of hydrogen-bond donors (Lipinski definition) is 2. The number of rotatable bonds is 0. The van der Waals surface area contributed by atoms with Gasteiger partial charge >= 0.3 is 0 Å². The zero-order valence-corrected chi connectivity index (χ0v) is 6.40. The van der Waals surface area contributed by atoms with Crippen molar-refractivity contribution >= 4 is 12.4 Å². The van der Waals surface area contributed by atoms with Crippen molar-refractivity contribution in [1.29, 1.82) is 5.26 Å². The molecule has 0 saturated carbocycles. The Hall–Kier alpha value is -0.300. The minimum Gasteiger partial charge on any atom is -0.390 e. The molecule has 0 aromatic heterocycles. The molecule has 0 unspecified atom stereocenters. The summed E-state index contributed by atoms with van der Waals surface area (Å²) in [4.78, 5) is 0. The lowest BCUT2D eigenvalue weighted by Crippen LogP contribution is -2.39. The van der Waals surface area contributed by atoms with Crippen LogP contribution in [0.3, 0.4) is 0 Å². The molecule has 2 atom stereocenters. The van der Waals surface area contributed by atoms with Crippen molar-refractivity contribution in [2.45, 2.75) is 12.5 Å². The van der Waals surface area contributed by atoms with Gasteiger partial charge in [0, 0.05) is 6.54 Å². The molecule has 0 spiro atoms. The van der Waals surface area contributed by atoms with Gasteiger partial charge in [-0.15, -0.1) is 12.4 Å². The topological polar surface area (TPSA) is 56.0 Å². The van der Waals surface area contributed by atoms with Crippen LogP contribution in [0.15, 0.2) is 0 Å². The Morgan fingerprint density at radius 2 is 2.30 bits per heavy atom. The van der Waals surface area contributed by atoms with Crippen LogP contribution in [-0.2, 0) is 0 Å². The molecule has 0 aromatic rings. The molecule has 1 aliphatic rings. The molecular formula is C6H11ClN2O. The first-order chi connectivity index (χ1) is 4.34. The van der Waals surface area contributed by atoms with Crippen LogP contribution in [0, 0.1) is 17.2 Å². The number of aliphatic hydroxyl groups excluding tert-OH is 1. The van der Waals surface area contributed by atoms with Crippen molar-refractivity contribution < 1.29 is 5.11 Å². The average Bonchev–Trinajstić information content (AvgIpc) is 1.89. The Labute approximate surface area is 66.4 Å². The van der Waals surface area contributed by atoms with Crippen LogP contribution in [0.4, 0.5) is 0 Å². The first-order valence-electron chi connectivity index (χ1n) is 3.13. The van der Waals surface area contributed by atoms with Gasteiger partial charge in [0.05, 0.1) is 18.1 Å². The lowest BCUT2D eigenvalue weighted by molar-refractivity contribution is 0.108. The van der Waals surface area contributed by atoms with E-state index in [0.717, 1.165) is 13.0 Å². The normalized spacial score (nSPS) is 32.0. The summed E-state index contributed by atoms with van der Waals surface area (Å²) in [6, 6.07) is 2.06. The first kappa shape index (κ1) is 9.70. The maximum Gasteiger partial charge on any atom is 0.0822 e. The van der Waals surface area contributed by atoms with E-state index in [1.807, 2.05) is 0 Å². The summed E-state index contributed by atoms with van der Waals surface area (Å²) >= 11 is 0. The van der Waals surface area contributed by atoms with Gasteiger partial charge < -0.3 is 10.4 Å². The van der Waals surface area contributed by atoms with Gasteiger partial charge in [0.15, 0.2) is 0 Å². The van der Waals surface area contributed by atoms with E-state index in [-0.39, 0.29) is 18.3 Å². The summed E-state index contributed by atoms with van der Waals surface area (Å²) in [7, 11) is 0. The van der Waals surface area contributed by atoms with E-state index in [1.54, 1.807) is 0 Å². The number of halogens is 1. The SMILES string of the molecule is Cl.N#C[C@@H]1CCNC[C@H]1O. The Balaban J connectivity index is 0.000000810. The number of hydrogen-bond acceptors (Lipinski definition) is 3. The van der Waals surface area contributed by atoms with Crippen LogP contribution in [0.1, 0.15) is 6.42 Å². The standard InChI is InChI=1S/C6H10N2O.ClH/c7-3-5-1-2-8-4-6(5)9;/h5-6,8-9H,1-2,4H2;1H/t5-,6+;/m0./s1. The summed E-state index contributed by atoms with van der Waals surface area (Å²) < 4.78 is 0. The number of aliphatic hydroxyl groups is 1. The highest BCUT2D eigenvalue weighted by molar-refractivity contribution is 5.85. The molecule has 2 N–H and O–H groups in total. The van der Waals surface area contributed by atoms with E-state index in [4.69, 9.17) is 10.4 Å². The second-order valence-corrected chi connectivity index (χ2v) is 2.30. The molecule has 4 heteroatoms. The molecule has 0 aliphatic carbocycles. The van der Waals surface area contributed by atoms with E-state index >= 15 is 0 Å². The van der Waals surface area contributed by atoms with Crippen LogP contribution in [0.5, 0.6) is 0 Å². The van der Waals surface area contributed by atoms with E-state index in [2.05, 4.69) is 11.4 Å². The van der Waals surface area contributed by atoms with Gasteiger partial charge in [-0.05, 0) is 13.0 Å². The zero-order valence-electron chi connectivity index (χ0n) is 5.58. The van der Waals surface area contributed by atoms with Crippen molar-refractivity contribution in [2.75, 3.05) is 13.1 Å². The van der Waals surface area contributed by atoms with Crippen molar-refractivity contribution in [2.24, 2.45) is 5.92 Å². The van der Waals surface area contributed by atoms with E-state index in [1.165, 1.54) is 0 Å². The van der Waals surface area contributed by atoms with E-state index < -0.39 is 6.10 Å². The first-order valence-corrected chi connectivity index (χ1v) is 3.13. The Morgan fingerprint density at radius 3 is 2.70 bits per heavy atom. The fourth-order valence-electron chi connectivity index (χ4n) is 0.993. The van der Waals surface area contributed by atoms with Crippen molar-refractivity contribution in [3.63, 3.8) is 0 Å². The summed E-state index contributed by atoms with van der Waals surface area (Å²) in [6.07, 6.45) is 0.321. The fraction of sp³-hybridized carbons (Fsp3) is 0.833. The van der Waals surface area contributed by atoms with Gasteiger partial charge in [0.1, 0.15) is 0 Å². The number of piperidine rings is 1. The molecule has 1 heterocycles. The smallest absolute Gasteiger partial charge is 0.0822 e. The summed E-state index contributed by atoms with van der Waals surface area (Å²) in [5.41, 5.74) is 0. The molecular weight excluding hydrogens is 152 g/mol. The molecule has 1 rings (SSSR count). The molecule has 0 aromatic carbocycles. The van der Waals surface area contributed by atoms with E-state index in [9.17, 15) is 0 Å². The van der Waals surface area contributed by atoms with Gasteiger partial charge in [0.25, 0.3) is 0 Å². The second kappa shape index (κ2) is 4.51. The highest BCUT2D eigenvalue weighted by Crippen LogP contribution is 2.09. The number of β-amino-alcohol motifs (C(OH)–C–C–N with tert-alkyl or cyclic N) is 1. The van der Waals surface area contributed by atoms with Crippen LogP contribution in [0.2, 0.25) is 0 Å². The zero-order chi connectivity index (χ0) is 6.69. The second-order valence-electron chi connectivity index (χ2n) is 2.30. The van der Waals surface area contributed by atoms with Crippen LogP contribution >= 0.6 is 12.4 Å². The fourth-order valence-corrected chi connectivity index (χ4v) is 0.993. The predicted octanol–water partition coefficient (Wildman–Crippen LogP) is -0.0978. The molecule has 1 saturated heterocycles. The van der Waals surface area contributed by atoms with Gasteiger partial charge in [-0.25, -0.2) is 0 Å². The highest BCUT2D eigenvalue weighted by Gasteiger charge is 2.21. The van der Waals surface area contributed by atoms with Crippen LogP contribution in [-0.4, -0.2) is 24.3 Å². The Kier molecular flexibility index (Phi) is 4.37. The third kappa shape index (κ3) is 2.14. The lowest BCUT2D eigenvalue weighted by Gasteiger charge is -2.22. The summed E-state index contributed by atoms with van der Waals surface area (Å²) in [5.74, 6) is -0.147. The molecule has 58 valence electrons. The number of nitrogens with zero attached hydrogens (tertiary/aromatic N) is 1. The maximum absolute atomic E-state index is 9.08. The molecule has 10 heavy (non-hydrogen) atoms. The maximum atomic E-state index is 9.08. The van der Waals surface area contributed by atoms with Crippen LogP contribution < -0.4 is 5.32 Å². The van der Waals surface area contributed by atoms with Crippen molar-refractivity contribution in [1.82, 2.24) is 5.32 Å². The van der Waals surface area contributed by atoms with Gasteiger partial charge in [-0.1, -0.05) is 0 Å². The van der Waals surface area contributed by atoms with Crippen molar-refractivity contribution in [3.05, 3.63) is 0 Å². The average molecular weight is 163 g/mol. The Morgan fingerprint density at radius 1 is 1.60 bits per heavy atom. The lowest BCUT2D eigenvalue weighted by atomic mass is 9.97. The van der Waals surface area contributed by atoms with Gasteiger partial charge in [-0.3, -0.25) is 0 Å². The molecule has 1 aliphatic heterocycles. The minimum atomic E-state index is -0.455. The minimum absolute atomic E-state index is 0. The molecule has 0 bridgehead atoms. The van der Waals surface area contributed by atoms with Gasteiger partial charge in [0.2, 0.25) is 0 Å². The quantitative estimate of drug-likeness (QED) is 0.523. The third-order valence-corrected chi connectivity index (χ3v) is 1.62. The predicted molar refractivity (Wildman–Crippen MR) is 39.8 cm³/mol. The van der Waals surface area contributed by atoms with E-state index in [0.29, 0.717) is 6.54 Å². The molecule has 0 radical (unpaired) electrons. The van der Waals surface area contributed by atoms with Crippen LogP contribution in [0.25, 0.3) is 0 Å². The van der Waals surface area contributed by atoms with Crippen molar-refractivity contribution in [3.8, 4) is 6.07 Å². The highest BCUT2D eigenvalue weighted by atomic mass is 35.5. The Bertz CT molecular complexity index is 134. The molecule has 0 amide bonds. The van der Waals surface area contributed by atoms with Gasteiger partial charge in [-0.2, -0.15) is 5.26 Å². The largest absolute Gasteiger partial charge is 0.390 e.